The number of rotatable bonds is 9. The van der Waals surface area contributed by atoms with Crippen LogP contribution >= 0.6 is 34.9 Å². The maximum atomic E-state index is 13.5. The molecule has 0 saturated carbocycles. The molecule has 17 heteroatoms. The molecule has 3 atom stereocenters. The molecule has 2 aliphatic heterocycles. The van der Waals surface area contributed by atoms with Crippen molar-refractivity contribution in [3.8, 4) is 23.0 Å². The van der Waals surface area contributed by atoms with Crippen LogP contribution in [0, 0.1) is 6.92 Å². The van der Waals surface area contributed by atoms with Crippen molar-refractivity contribution in [1.82, 2.24) is 25.7 Å². The topological polar surface area (TPSA) is 223 Å². The first-order chi connectivity index (χ1) is 20.4. The number of aliphatic carboxylic acids is 1. The van der Waals surface area contributed by atoms with Crippen LogP contribution in [0.1, 0.15) is 27.0 Å². The zero-order chi connectivity index (χ0) is 31.0. The fourth-order valence-corrected chi connectivity index (χ4v) is 7.82. The van der Waals surface area contributed by atoms with Gasteiger partial charge in [0.2, 0.25) is 5.91 Å². The van der Waals surface area contributed by atoms with Gasteiger partial charge in [-0.1, -0.05) is 35.2 Å². The molecule has 3 aromatic rings. The third-order valence-electron chi connectivity index (χ3n) is 6.50. The highest BCUT2D eigenvalue weighted by Gasteiger charge is 2.54. The maximum absolute atomic E-state index is 13.5. The number of phenols is 4. The summed E-state index contributed by atoms with van der Waals surface area (Å²) < 4.78 is 0.665. The molecule has 0 spiro atoms. The van der Waals surface area contributed by atoms with Crippen LogP contribution < -0.4 is 10.6 Å². The molecule has 1 fully saturated rings. The lowest BCUT2D eigenvalue weighted by atomic mass is 10.0. The highest BCUT2D eigenvalue weighted by atomic mass is 32.2. The molecule has 0 bridgehead atoms. The number of aromatic nitrogens is 2. The summed E-state index contributed by atoms with van der Waals surface area (Å²) in [6.45, 7) is 1.80. The van der Waals surface area contributed by atoms with Gasteiger partial charge in [-0.3, -0.25) is 19.3 Å². The molecule has 2 unspecified atom stereocenters. The number of amides is 3. The van der Waals surface area contributed by atoms with Gasteiger partial charge in [0.25, 0.3) is 11.8 Å². The number of aryl methyl sites for hydroxylation is 1. The Labute approximate surface area is 255 Å². The number of hydrogen-bond acceptors (Lipinski definition) is 13. The molecule has 2 aliphatic rings. The van der Waals surface area contributed by atoms with E-state index in [2.05, 4.69) is 20.8 Å². The number of carboxylic acid groups (broad SMARTS) is 1. The van der Waals surface area contributed by atoms with Crippen LogP contribution in [0.4, 0.5) is 0 Å². The Morgan fingerprint density at radius 3 is 2.35 bits per heavy atom. The monoisotopic (exact) mass is 645 g/mol. The van der Waals surface area contributed by atoms with Crippen LogP contribution in [0.5, 0.6) is 23.0 Å². The van der Waals surface area contributed by atoms with Gasteiger partial charge in [-0.05, 0) is 30.2 Å². The van der Waals surface area contributed by atoms with E-state index in [1.54, 1.807) is 6.92 Å². The van der Waals surface area contributed by atoms with Gasteiger partial charge >= 0.3 is 5.97 Å². The highest BCUT2D eigenvalue weighted by Crippen LogP contribution is 2.42. The minimum atomic E-state index is -1.46. The Morgan fingerprint density at radius 2 is 1.74 bits per heavy atom. The predicted molar refractivity (Wildman–Crippen MR) is 155 cm³/mol. The van der Waals surface area contributed by atoms with Crippen molar-refractivity contribution in [2.24, 2.45) is 0 Å². The van der Waals surface area contributed by atoms with Crippen LogP contribution in [0.15, 0.2) is 52.0 Å². The lowest BCUT2D eigenvalue weighted by molar-refractivity contribution is -0.151. The zero-order valence-corrected chi connectivity index (χ0v) is 24.5. The molecule has 3 heterocycles. The average Bonchev–Trinajstić information content (AvgIpc) is 3.37. The van der Waals surface area contributed by atoms with Crippen molar-refractivity contribution in [2.75, 3.05) is 11.5 Å². The Kier molecular flexibility index (Phi) is 8.38. The van der Waals surface area contributed by atoms with Gasteiger partial charge in [0.15, 0.2) is 4.34 Å². The number of phenolic OH excluding ortho intramolecular Hbond substituents is 4. The first-order valence-electron chi connectivity index (χ1n) is 12.4. The Hall–Kier alpha value is -4.48. The molecule has 1 saturated heterocycles. The van der Waals surface area contributed by atoms with E-state index >= 15 is 0 Å². The average molecular weight is 646 g/mol. The number of aromatic hydroxyl groups is 4. The Bertz CT molecular complexity index is 1640. The summed E-state index contributed by atoms with van der Waals surface area (Å²) in [6.07, 6.45) is 0. The van der Waals surface area contributed by atoms with Gasteiger partial charge < -0.3 is 36.2 Å². The van der Waals surface area contributed by atoms with E-state index in [1.165, 1.54) is 59.1 Å². The molecule has 43 heavy (non-hydrogen) atoms. The molecule has 0 radical (unpaired) electrons. The van der Waals surface area contributed by atoms with Crippen molar-refractivity contribution in [1.29, 1.82) is 0 Å². The summed E-state index contributed by atoms with van der Waals surface area (Å²) in [4.78, 5) is 53.1. The van der Waals surface area contributed by atoms with Crippen molar-refractivity contribution < 1.29 is 44.7 Å². The third kappa shape index (κ3) is 6.04. The predicted octanol–water partition coefficient (Wildman–Crippen LogP) is 1.67. The SMILES string of the molecule is Cc1nnc(SCC2=C(C(=O)O)N3C(=O)C(NC(=O)C(NC(=O)c4c(O)cc(O)cc4O)c4ccc(O)cc4)[C@H]3SC2)s1. The Morgan fingerprint density at radius 1 is 1.07 bits per heavy atom. The minimum Gasteiger partial charge on any atom is -0.508 e. The standard InChI is InChI=1S/C26H23N5O9S3/c1-10-29-30-26(43-10)42-9-12-8-41-24-19(23(38)31(24)20(12)25(39)40)28-22(37)18(11-2-4-13(32)5-3-11)27-21(36)17-15(34)6-14(33)7-16(17)35/h2-7,18-19,24,32-35H,8-9H2,1H3,(H,27,36)(H,28,37)(H,39,40)/t18?,19?,24-/m1/s1. The number of carbonyl (C=O) groups is 4. The number of nitrogens with zero attached hydrogens (tertiary/aromatic N) is 3. The van der Waals surface area contributed by atoms with Crippen LogP contribution in [-0.2, 0) is 14.4 Å². The van der Waals surface area contributed by atoms with Crippen LogP contribution in [0.3, 0.4) is 0 Å². The summed E-state index contributed by atoms with van der Waals surface area (Å²) in [7, 11) is 0. The van der Waals surface area contributed by atoms with Gasteiger partial charge in [0, 0.05) is 23.6 Å². The largest absolute Gasteiger partial charge is 0.508 e. The van der Waals surface area contributed by atoms with Crippen LogP contribution in [-0.4, -0.2) is 87.2 Å². The maximum Gasteiger partial charge on any atom is 0.352 e. The molecule has 5 rings (SSSR count). The van der Waals surface area contributed by atoms with Crippen LogP contribution in [0.25, 0.3) is 0 Å². The molecule has 0 aliphatic carbocycles. The number of fused-ring (bicyclic) bond motifs is 1. The number of thioether (sulfide) groups is 2. The van der Waals surface area contributed by atoms with E-state index < -0.39 is 64.0 Å². The van der Waals surface area contributed by atoms with Crippen LogP contribution in [0.2, 0.25) is 0 Å². The molecular formula is C26H23N5O9S3. The van der Waals surface area contributed by atoms with E-state index in [9.17, 15) is 44.7 Å². The molecule has 1 aromatic heterocycles. The molecule has 7 N–H and O–H groups in total. The van der Waals surface area contributed by atoms with Gasteiger partial charge in [0.1, 0.15) is 56.7 Å². The third-order valence-corrected chi connectivity index (χ3v) is 9.90. The number of carboxylic acids is 1. The number of benzene rings is 2. The molecule has 224 valence electrons. The zero-order valence-electron chi connectivity index (χ0n) is 22.0. The minimum absolute atomic E-state index is 0.116. The Balaban J connectivity index is 1.35. The van der Waals surface area contributed by atoms with E-state index in [0.717, 1.165) is 22.0 Å². The lowest BCUT2D eigenvalue weighted by Gasteiger charge is -2.49. The van der Waals surface area contributed by atoms with E-state index in [0.29, 0.717) is 9.91 Å². The van der Waals surface area contributed by atoms with Gasteiger partial charge in [-0.2, -0.15) is 0 Å². The normalized spacial score (nSPS) is 18.4. The number of hydrogen-bond donors (Lipinski definition) is 7. The summed E-state index contributed by atoms with van der Waals surface area (Å²) in [5.74, 6) is -5.38. The first kappa shape index (κ1) is 30.0. The second-order valence-corrected chi connectivity index (χ2v) is 12.9. The van der Waals surface area contributed by atoms with Crippen molar-refractivity contribution in [2.45, 2.75) is 28.7 Å². The van der Waals surface area contributed by atoms with E-state index in [-0.39, 0.29) is 28.5 Å². The molecule has 14 nitrogen and oxygen atoms in total. The smallest absolute Gasteiger partial charge is 0.352 e. The fraction of sp³-hybridized carbons (Fsp3) is 0.231. The molecule has 3 amide bonds. The second-order valence-electron chi connectivity index (χ2n) is 9.39. The molecular weight excluding hydrogens is 623 g/mol. The van der Waals surface area contributed by atoms with E-state index in [4.69, 9.17) is 0 Å². The van der Waals surface area contributed by atoms with Gasteiger partial charge in [-0.15, -0.1) is 22.0 Å². The number of carbonyl (C=O) groups excluding carboxylic acids is 3. The lowest BCUT2D eigenvalue weighted by Crippen LogP contribution is -2.71. The van der Waals surface area contributed by atoms with Crippen molar-refractivity contribution >= 4 is 58.6 Å². The van der Waals surface area contributed by atoms with Crippen molar-refractivity contribution in [3.05, 3.63) is 63.8 Å². The summed E-state index contributed by atoms with van der Waals surface area (Å²) in [5.41, 5.74) is -0.0470. The molecule has 2 aromatic carbocycles. The van der Waals surface area contributed by atoms with Crippen molar-refractivity contribution in [3.63, 3.8) is 0 Å². The number of nitrogens with one attached hydrogen (secondary N) is 2. The quantitative estimate of drug-likeness (QED) is 0.130. The summed E-state index contributed by atoms with van der Waals surface area (Å²) >= 11 is 3.96. The highest BCUT2D eigenvalue weighted by molar-refractivity contribution is 8.01. The fourth-order valence-electron chi connectivity index (χ4n) is 4.52. The number of β-lactam (4-membered cyclic amide) rings is 1. The summed E-state index contributed by atoms with van der Waals surface area (Å²) in [6, 6.07) is 4.36. The van der Waals surface area contributed by atoms with Gasteiger partial charge in [0.05, 0.1) is 0 Å². The first-order valence-corrected chi connectivity index (χ1v) is 15.3. The van der Waals surface area contributed by atoms with E-state index in [1.807, 2.05) is 0 Å². The van der Waals surface area contributed by atoms with Gasteiger partial charge in [-0.25, -0.2) is 4.79 Å². The second kappa shape index (κ2) is 12.0. The summed E-state index contributed by atoms with van der Waals surface area (Å²) in [5, 5.41) is 62.4.